The first-order chi connectivity index (χ1) is 11.6. The maximum absolute atomic E-state index is 9.55. The summed E-state index contributed by atoms with van der Waals surface area (Å²) in [7, 11) is 1.63. The Balaban J connectivity index is 1.83. The first-order valence-electron chi connectivity index (χ1n) is 7.45. The van der Waals surface area contributed by atoms with E-state index in [1.807, 2.05) is 37.3 Å². The molecule has 1 heterocycles. The van der Waals surface area contributed by atoms with Crippen molar-refractivity contribution < 1.29 is 9.84 Å². The summed E-state index contributed by atoms with van der Waals surface area (Å²) in [5.74, 6) is 2.90. The fourth-order valence-electron chi connectivity index (χ4n) is 2.28. The summed E-state index contributed by atoms with van der Waals surface area (Å²) in [6, 6.07) is 16.3. The van der Waals surface area contributed by atoms with Gasteiger partial charge in [-0.15, -0.1) is 0 Å². The summed E-state index contributed by atoms with van der Waals surface area (Å²) in [4.78, 5) is 8.76. The van der Waals surface area contributed by atoms with E-state index in [9.17, 15) is 5.11 Å². The maximum Gasteiger partial charge on any atom is 0.136 e. The number of anilines is 4. The Morgan fingerprint density at radius 3 is 2.12 bits per heavy atom. The molecule has 0 radical (unpaired) electrons. The molecular formula is C18H18N4O2. The summed E-state index contributed by atoms with van der Waals surface area (Å²) < 4.78 is 5.22. The molecule has 0 aliphatic heterocycles. The molecule has 6 nitrogen and oxygen atoms in total. The lowest BCUT2D eigenvalue weighted by atomic mass is 10.3. The third-order valence-electron chi connectivity index (χ3n) is 3.30. The largest absolute Gasteiger partial charge is 0.508 e. The van der Waals surface area contributed by atoms with Crippen LogP contribution in [0, 0.1) is 6.92 Å². The van der Waals surface area contributed by atoms with Crippen molar-refractivity contribution in [3.63, 3.8) is 0 Å². The van der Waals surface area contributed by atoms with Gasteiger partial charge in [-0.3, -0.25) is 0 Å². The van der Waals surface area contributed by atoms with E-state index < -0.39 is 0 Å². The van der Waals surface area contributed by atoms with Crippen LogP contribution in [0.3, 0.4) is 0 Å². The number of aromatic nitrogens is 2. The van der Waals surface area contributed by atoms with Crippen molar-refractivity contribution in [1.29, 1.82) is 0 Å². The zero-order valence-corrected chi connectivity index (χ0v) is 13.4. The van der Waals surface area contributed by atoms with E-state index in [0.29, 0.717) is 17.5 Å². The van der Waals surface area contributed by atoms with Crippen LogP contribution in [-0.4, -0.2) is 22.2 Å². The van der Waals surface area contributed by atoms with E-state index in [-0.39, 0.29) is 5.75 Å². The molecule has 122 valence electrons. The maximum atomic E-state index is 9.55. The highest BCUT2D eigenvalue weighted by molar-refractivity contribution is 5.64. The van der Waals surface area contributed by atoms with Crippen molar-refractivity contribution in [2.75, 3.05) is 17.7 Å². The number of nitrogens with one attached hydrogen (secondary N) is 2. The van der Waals surface area contributed by atoms with Crippen LogP contribution >= 0.6 is 0 Å². The van der Waals surface area contributed by atoms with Crippen LogP contribution in [0.4, 0.5) is 23.0 Å². The van der Waals surface area contributed by atoms with E-state index in [1.165, 1.54) is 0 Å². The van der Waals surface area contributed by atoms with Crippen LogP contribution in [0.1, 0.15) is 5.82 Å². The van der Waals surface area contributed by atoms with Gasteiger partial charge in [0.15, 0.2) is 0 Å². The highest BCUT2D eigenvalue weighted by Gasteiger charge is 2.04. The third kappa shape index (κ3) is 3.92. The zero-order chi connectivity index (χ0) is 16.9. The number of benzene rings is 2. The smallest absolute Gasteiger partial charge is 0.136 e. The van der Waals surface area contributed by atoms with Gasteiger partial charge in [-0.05, 0) is 31.2 Å². The molecule has 0 fully saturated rings. The monoisotopic (exact) mass is 322 g/mol. The average Bonchev–Trinajstić information content (AvgIpc) is 2.54. The van der Waals surface area contributed by atoms with Crippen LogP contribution in [-0.2, 0) is 0 Å². The molecule has 6 heteroatoms. The summed E-state index contributed by atoms with van der Waals surface area (Å²) in [6.07, 6.45) is 0. The highest BCUT2D eigenvalue weighted by atomic mass is 16.5. The minimum absolute atomic E-state index is 0.195. The Hall–Kier alpha value is -3.28. The molecule has 3 aromatic rings. The predicted molar refractivity (Wildman–Crippen MR) is 94.4 cm³/mol. The second-order valence-corrected chi connectivity index (χ2v) is 5.22. The molecule has 0 saturated carbocycles. The third-order valence-corrected chi connectivity index (χ3v) is 3.30. The van der Waals surface area contributed by atoms with Crippen molar-refractivity contribution >= 4 is 23.0 Å². The van der Waals surface area contributed by atoms with Crippen molar-refractivity contribution in [3.8, 4) is 11.5 Å². The molecule has 3 rings (SSSR count). The molecular weight excluding hydrogens is 304 g/mol. The van der Waals surface area contributed by atoms with E-state index in [4.69, 9.17) is 4.74 Å². The number of methoxy groups -OCH3 is 1. The molecule has 0 atom stereocenters. The molecule has 2 aromatic carbocycles. The molecule has 0 amide bonds. The number of aryl methyl sites for hydroxylation is 1. The van der Waals surface area contributed by atoms with Gasteiger partial charge in [0.2, 0.25) is 0 Å². The SMILES string of the molecule is COc1cccc(Nc2cc(Nc3cccc(O)c3)nc(C)n2)c1. The molecule has 1 aromatic heterocycles. The summed E-state index contributed by atoms with van der Waals surface area (Å²) in [5.41, 5.74) is 1.62. The fourth-order valence-corrected chi connectivity index (χ4v) is 2.28. The van der Waals surface area contributed by atoms with E-state index in [2.05, 4.69) is 20.6 Å². The number of hydrogen-bond acceptors (Lipinski definition) is 6. The summed E-state index contributed by atoms with van der Waals surface area (Å²) in [5, 5.41) is 15.9. The zero-order valence-electron chi connectivity index (χ0n) is 13.4. The van der Waals surface area contributed by atoms with Crippen molar-refractivity contribution in [2.45, 2.75) is 6.92 Å². The topological polar surface area (TPSA) is 79.3 Å². The van der Waals surface area contributed by atoms with Gasteiger partial charge in [0.1, 0.15) is 29.0 Å². The van der Waals surface area contributed by atoms with Gasteiger partial charge in [-0.25, -0.2) is 9.97 Å². The summed E-state index contributed by atoms with van der Waals surface area (Å²) in [6.45, 7) is 1.82. The Kier molecular flexibility index (Phi) is 4.47. The van der Waals surface area contributed by atoms with Crippen molar-refractivity contribution in [1.82, 2.24) is 9.97 Å². The van der Waals surface area contributed by atoms with E-state index in [0.717, 1.165) is 17.1 Å². The Bertz CT molecular complexity index is 852. The van der Waals surface area contributed by atoms with E-state index in [1.54, 1.807) is 31.4 Å². The van der Waals surface area contributed by atoms with Gasteiger partial charge in [-0.1, -0.05) is 12.1 Å². The number of phenolic OH excluding ortho intramolecular Hbond substituents is 1. The van der Waals surface area contributed by atoms with Crippen LogP contribution in [0.25, 0.3) is 0 Å². The fraction of sp³-hybridized carbons (Fsp3) is 0.111. The lowest BCUT2D eigenvalue weighted by Crippen LogP contribution is -2.01. The second-order valence-electron chi connectivity index (χ2n) is 5.22. The molecule has 0 bridgehead atoms. The minimum atomic E-state index is 0.195. The summed E-state index contributed by atoms with van der Waals surface area (Å²) >= 11 is 0. The number of aromatic hydroxyl groups is 1. The highest BCUT2D eigenvalue weighted by Crippen LogP contribution is 2.24. The first-order valence-corrected chi connectivity index (χ1v) is 7.45. The average molecular weight is 322 g/mol. The van der Waals surface area contributed by atoms with Crippen LogP contribution in [0.15, 0.2) is 54.6 Å². The number of nitrogens with zero attached hydrogens (tertiary/aromatic N) is 2. The lowest BCUT2D eigenvalue weighted by molar-refractivity contribution is 0.415. The van der Waals surface area contributed by atoms with Gasteiger partial charge in [-0.2, -0.15) is 0 Å². The molecule has 0 aliphatic carbocycles. The first kappa shape index (κ1) is 15.6. The van der Waals surface area contributed by atoms with E-state index >= 15 is 0 Å². The quantitative estimate of drug-likeness (QED) is 0.659. The second kappa shape index (κ2) is 6.87. The Morgan fingerprint density at radius 2 is 1.50 bits per heavy atom. The Labute approximate surface area is 140 Å². The number of phenols is 1. The van der Waals surface area contributed by atoms with Gasteiger partial charge in [0.05, 0.1) is 7.11 Å². The number of rotatable bonds is 5. The normalized spacial score (nSPS) is 10.2. The number of ether oxygens (including phenoxy) is 1. The molecule has 24 heavy (non-hydrogen) atoms. The van der Waals surface area contributed by atoms with Gasteiger partial charge < -0.3 is 20.5 Å². The van der Waals surface area contributed by atoms with Crippen LogP contribution in [0.5, 0.6) is 11.5 Å². The molecule has 0 aliphatic rings. The van der Waals surface area contributed by atoms with Crippen molar-refractivity contribution in [3.05, 3.63) is 60.4 Å². The standard InChI is InChI=1S/C18H18N4O2/c1-12-19-17(21-13-5-3-7-15(23)9-13)11-18(20-12)22-14-6-4-8-16(10-14)24-2/h3-11,23H,1-2H3,(H2,19,20,21,22). The molecule has 0 unspecified atom stereocenters. The van der Waals surface area contributed by atoms with Crippen LogP contribution in [0.2, 0.25) is 0 Å². The Morgan fingerprint density at radius 1 is 0.875 bits per heavy atom. The minimum Gasteiger partial charge on any atom is -0.508 e. The van der Waals surface area contributed by atoms with Gasteiger partial charge in [0, 0.05) is 29.6 Å². The predicted octanol–water partition coefficient (Wildman–Crippen LogP) is 3.99. The van der Waals surface area contributed by atoms with Crippen LogP contribution < -0.4 is 15.4 Å². The molecule has 0 spiro atoms. The molecule has 3 N–H and O–H groups in total. The molecule has 0 saturated heterocycles. The van der Waals surface area contributed by atoms with Gasteiger partial charge in [0.25, 0.3) is 0 Å². The lowest BCUT2D eigenvalue weighted by Gasteiger charge is -2.11. The van der Waals surface area contributed by atoms with Gasteiger partial charge >= 0.3 is 0 Å². The van der Waals surface area contributed by atoms with Crippen molar-refractivity contribution in [2.24, 2.45) is 0 Å². The number of hydrogen-bond donors (Lipinski definition) is 3.